The molecule has 2 amide bonds. The number of nitrogens with one attached hydrogen (secondary N) is 2. The van der Waals surface area contributed by atoms with Crippen molar-refractivity contribution >= 4 is 12.0 Å². The number of amides is 2. The maximum atomic E-state index is 12.0. The van der Waals surface area contributed by atoms with E-state index in [4.69, 9.17) is 5.11 Å². The lowest BCUT2D eigenvalue weighted by Crippen LogP contribution is -2.47. The fourth-order valence-electron chi connectivity index (χ4n) is 3.21. The molecule has 112 valence electrons. The maximum Gasteiger partial charge on any atom is 0.315 e. The molecule has 0 heterocycles. The van der Waals surface area contributed by atoms with Crippen LogP contribution in [0.2, 0.25) is 0 Å². The van der Waals surface area contributed by atoms with Gasteiger partial charge in [0.25, 0.3) is 0 Å². The van der Waals surface area contributed by atoms with Gasteiger partial charge in [0.15, 0.2) is 0 Å². The Morgan fingerprint density at radius 1 is 1.25 bits per heavy atom. The van der Waals surface area contributed by atoms with Crippen LogP contribution in [0.5, 0.6) is 0 Å². The molecule has 3 atom stereocenters. The number of carboxylic acid groups (broad SMARTS) is 1. The standard InChI is InChI=1S/C15H24N2O3/c1-15(2)7-3-4-12(9-15)17-14(20)16-11-6-5-10(8-11)13(18)19/h5-6,10-12H,3-4,7-9H2,1-2H3,(H,18,19)(H2,16,17,20). The molecule has 5 nitrogen and oxygen atoms in total. The first kappa shape index (κ1) is 14.9. The molecule has 20 heavy (non-hydrogen) atoms. The minimum Gasteiger partial charge on any atom is -0.481 e. The fourth-order valence-corrected chi connectivity index (χ4v) is 3.21. The highest BCUT2D eigenvalue weighted by atomic mass is 16.4. The molecule has 2 aliphatic rings. The predicted molar refractivity (Wildman–Crippen MR) is 76.4 cm³/mol. The number of rotatable bonds is 3. The molecule has 0 aromatic carbocycles. The molecular weight excluding hydrogens is 256 g/mol. The van der Waals surface area contributed by atoms with Crippen LogP contribution in [-0.2, 0) is 4.79 Å². The normalized spacial score (nSPS) is 31.8. The van der Waals surface area contributed by atoms with E-state index in [0.717, 1.165) is 19.3 Å². The highest BCUT2D eigenvalue weighted by Crippen LogP contribution is 2.35. The average Bonchev–Trinajstić information content (AvgIpc) is 2.75. The van der Waals surface area contributed by atoms with E-state index in [0.29, 0.717) is 6.42 Å². The molecule has 1 fully saturated rings. The van der Waals surface area contributed by atoms with Gasteiger partial charge in [-0.15, -0.1) is 0 Å². The Morgan fingerprint density at radius 3 is 2.60 bits per heavy atom. The maximum absolute atomic E-state index is 12.0. The van der Waals surface area contributed by atoms with Gasteiger partial charge < -0.3 is 15.7 Å². The van der Waals surface area contributed by atoms with Gasteiger partial charge >= 0.3 is 12.0 Å². The molecule has 3 N–H and O–H groups in total. The number of hydrogen-bond acceptors (Lipinski definition) is 2. The van der Waals surface area contributed by atoms with Gasteiger partial charge in [0.2, 0.25) is 0 Å². The Kier molecular flexibility index (Phi) is 4.35. The van der Waals surface area contributed by atoms with E-state index < -0.39 is 11.9 Å². The number of urea groups is 1. The third-order valence-corrected chi connectivity index (χ3v) is 4.26. The predicted octanol–water partition coefficient (Wildman–Crippen LogP) is 2.28. The third-order valence-electron chi connectivity index (χ3n) is 4.26. The number of carboxylic acids is 1. The number of hydrogen-bond donors (Lipinski definition) is 3. The molecule has 0 saturated heterocycles. The quantitative estimate of drug-likeness (QED) is 0.694. The van der Waals surface area contributed by atoms with Gasteiger partial charge in [-0.25, -0.2) is 4.79 Å². The lowest BCUT2D eigenvalue weighted by Gasteiger charge is -2.35. The molecule has 1 saturated carbocycles. The minimum absolute atomic E-state index is 0.173. The van der Waals surface area contributed by atoms with Crippen LogP contribution in [-0.4, -0.2) is 29.2 Å². The first-order valence-corrected chi connectivity index (χ1v) is 7.34. The molecule has 0 radical (unpaired) electrons. The molecule has 0 bridgehead atoms. The molecule has 3 unspecified atom stereocenters. The van der Waals surface area contributed by atoms with Crippen molar-refractivity contribution in [2.75, 3.05) is 0 Å². The summed E-state index contributed by atoms with van der Waals surface area (Å²) in [5.74, 6) is -1.31. The van der Waals surface area contributed by atoms with Crippen molar-refractivity contribution in [2.45, 2.75) is 58.0 Å². The lowest BCUT2D eigenvalue weighted by atomic mass is 9.75. The molecule has 2 aliphatic carbocycles. The summed E-state index contributed by atoms with van der Waals surface area (Å²) in [5.41, 5.74) is 0.290. The Balaban J connectivity index is 1.76. The summed E-state index contributed by atoms with van der Waals surface area (Å²) < 4.78 is 0. The van der Waals surface area contributed by atoms with E-state index in [1.807, 2.05) is 0 Å². The van der Waals surface area contributed by atoms with E-state index in [9.17, 15) is 9.59 Å². The lowest BCUT2D eigenvalue weighted by molar-refractivity contribution is -0.140. The Hall–Kier alpha value is -1.52. The van der Waals surface area contributed by atoms with Gasteiger partial charge in [0.05, 0.1) is 12.0 Å². The highest BCUT2D eigenvalue weighted by Gasteiger charge is 2.30. The summed E-state index contributed by atoms with van der Waals surface area (Å²) in [4.78, 5) is 22.8. The summed E-state index contributed by atoms with van der Waals surface area (Å²) in [7, 11) is 0. The first-order chi connectivity index (χ1) is 9.35. The third kappa shape index (κ3) is 3.99. The first-order valence-electron chi connectivity index (χ1n) is 7.34. The van der Waals surface area contributed by atoms with Crippen LogP contribution in [0.25, 0.3) is 0 Å². The van der Waals surface area contributed by atoms with Gasteiger partial charge in [-0.2, -0.15) is 0 Å². The van der Waals surface area contributed by atoms with Crippen molar-refractivity contribution in [3.63, 3.8) is 0 Å². The molecule has 0 aliphatic heterocycles. The molecule has 5 heteroatoms. The average molecular weight is 280 g/mol. The summed E-state index contributed by atoms with van der Waals surface area (Å²) >= 11 is 0. The smallest absolute Gasteiger partial charge is 0.315 e. The Labute approximate surface area is 119 Å². The zero-order valence-corrected chi connectivity index (χ0v) is 12.2. The summed E-state index contributed by atoms with van der Waals surface area (Å²) in [5, 5.41) is 14.8. The second-order valence-corrected chi connectivity index (χ2v) is 6.75. The number of carbonyl (C=O) groups excluding carboxylic acids is 1. The largest absolute Gasteiger partial charge is 0.481 e. The van der Waals surface area contributed by atoms with Crippen molar-refractivity contribution in [1.29, 1.82) is 0 Å². The number of aliphatic carboxylic acids is 1. The van der Waals surface area contributed by atoms with Gasteiger partial charge in [0, 0.05) is 6.04 Å². The van der Waals surface area contributed by atoms with Crippen molar-refractivity contribution < 1.29 is 14.7 Å². The zero-order chi connectivity index (χ0) is 14.8. The van der Waals surface area contributed by atoms with Gasteiger partial charge in [-0.1, -0.05) is 32.4 Å². The molecule has 2 rings (SSSR count). The van der Waals surface area contributed by atoms with Gasteiger partial charge in [0.1, 0.15) is 0 Å². The van der Waals surface area contributed by atoms with Crippen molar-refractivity contribution in [1.82, 2.24) is 10.6 Å². The van der Waals surface area contributed by atoms with Crippen LogP contribution in [0.15, 0.2) is 12.2 Å². The van der Waals surface area contributed by atoms with Crippen molar-refractivity contribution in [3.05, 3.63) is 12.2 Å². The topological polar surface area (TPSA) is 78.4 Å². The second-order valence-electron chi connectivity index (χ2n) is 6.75. The van der Waals surface area contributed by atoms with E-state index in [2.05, 4.69) is 24.5 Å². The zero-order valence-electron chi connectivity index (χ0n) is 12.2. The van der Waals surface area contributed by atoms with Gasteiger partial charge in [-0.3, -0.25) is 4.79 Å². The van der Waals surface area contributed by atoms with E-state index in [1.165, 1.54) is 6.42 Å². The molecule has 0 aromatic rings. The van der Waals surface area contributed by atoms with Crippen LogP contribution < -0.4 is 10.6 Å². The monoisotopic (exact) mass is 280 g/mol. The highest BCUT2D eigenvalue weighted by molar-refractivity contribution is 5.76. The summed E-state index contributed by atoms with van der Waals surface area (Å²) in [6.45, 7) is 4.46. The SMILES string of the molecule is CC1(C)CCCC(NC(=O)NC2C=CC(C(=O)O)C2)C1. The van der Waals surface area contributed by atoms with E-state index in [-0.39, 0.29) is 23.5 Å². The van der Waals surface area contributed by atoms with Gasteiger partial charge in [-0.05, 0) is 31.1 Å². The molecular formula is C15H24N2O3. The Morgan fingerprint density at radius 2 is 2.00 bits per heavy atom. The van der Waals surface area contributed by atoms with Crippen LogP contribution in [0, 0.1) is 11.3 Å². The fraction of sp³-hybridized carbons (Fsp3) is 0.733. The van der Waals surface area contributed by atoms with Crippen LogP contribution in [0.4, 0.5) is 4.79 Å². The second kappa shape index (κ2) is 5.85. The van der Waals surface area contributed by atoms with Crippen molar-refractivity contribution in [2.24, 2.45) is 11.3 Å². The number of carbonyl (C=O) groups is 2. The summed E-state index contributed by atoms with van der Waals surface area (Å²) in [6.07, 6.45) is 8.23. The van der Waals surface area contributed by atoms with Crippen LogP contribution >= 0.6 is 0 Å². The summed E-state index contributed by atoms with van der Waals surface area (Å²) in [6, 6.07) is -0.138. The van der Waals surface area contributed by atoms with E-state index in [1.54, 1.807) is 12.2 Å². The molecule has 0 spiro atoms. The van der Waals surface area contributed by atoms with E-state index >= 15 is 0 Å². The minimum atomic E-state index is -0.833. The van der Waals surface area contributed by atoms with Crippen LogP contribution in [0.3, 0.4) is 0 Å². The van der Waals surface area contributed by atoms with Crippen molar-refractivity contribution in [3.8, 4) is 0 Å². The molecule has 0 aromatic heterocycles. The Bertz CT molecular complexity index is 417. The van der Waals surface area contributed by atoms with Crippen LogP contribution in [0.1, 0.15) is 46.0 Å².